The molecule has 0 aromatic heterocycles. The highest BCUT2D eigenvalue weighted by Gasteiger charge is 2.56. The van der Waals surface area contributed by atoms with Crippen molar-refractivity contribution in [2.45, 2.75) is 64.0 Å². The largest absolute Gasteiger partial charge is 0.378 e. The van der Waals surface area contributed by atoms with Crippen LogP contribution in [-0.4, -0.2) is 41.5 Å². The van der Waals surface area contributed by atoms with Gasteiger partial charge in [0.2, 0.25) is 11.8 Å². The summed E-state index contributed by atoms with van der Waals surface area (Å²) in [6.07, 6.45) is 5.38. The molecule has 4 amide bonds. The van der Waals surface area contributed by atoms with E-state index >= 15 is 0 Å². The molecule has 0 unspecified atom stereocenters. The first-order valence-electron chi connectivity index (χ1n) is 7.89. The monoisotopic (exact) mass is 294 g/mol. The summed E-state index contributed by atoms with van der Waals surface area (Å²) in [5.41, 5.74) is -0.997. The van der Waals surface area contributed by atoms with Gasteiger partial charge in [0, 0.05) is 12.6 Å². The second-order valence-corrected chi connectivity index (χ2v) is 6.28. The van der Waals surface area contributed by atoms with E-state index in [9.17, 15) is 14.4 Å². The van der Waals surface area contributed by atoms with Gasteiger partial charge in [0.15, 0.2) is 0 Å². The lowest BCUT2D eigenvalue weighted by Gasteiger charge is -2.48. The molecule has 3 rings (SSSR count). The van der Waals surface area contributed by atoms with Crippen LogP contribution in [0.4, 0.5) is 4.79 Å². The molecule has 2 saturated carbocycles. The average Bonchev–Trinajstić information content (AvgIpc) is 2.44. The Morgan fingerprint density at radius 2 is 1.86 bits per heavy atom. The average molecular weight is 294 g/mol. The molecule has 1 N–H and O–H groups in total. The third kappa shape index (κ3) is 2.25. The van der Waals surface area contributed by atoms with Gasteiger partial charge in [-0.25, -0.2) is 4.79 Å². The number of hydrogen-bond donors (Lipinski definition) is 1. The normalized spacial score (nSPS) is 32.0. The van der Waals surface area contributed by atoms with Crippen LogP contribution < -0.4 is 5.32 Å². The third-order valence-electron chi connectivity index (χ3n) is 5.05. The number of urea groups is 1. The number of carbonyl (C=O) groups excluding carboxylic acids is 3. The number of nitrogens with one attached hydrogen (secondary N) is 1. The van der Waals surface area contributed by atoms with Crippen molar-refractivity contribution in [3.63, 3.8) is 0 Å². The quantitative estimate of drug-likeness (QED) is 0.802. The number of ether oxygens (including phenoxy) is 1. The van der Waals surface area contributed by atoms with E-state index in [4.69, 9.17) is 4.74 Å². The summed E-state index contributed by atoms with van der Waals surface area (Å²) < 4.78 is 5.49. The number of carbonyl (C=O) groups is 3. The topological polar surface area (TPSA) is 75.7 Å². The Kier molecular flexibility index (Phi) is 3.73. The van der Waals surface area contributed by atoms with Crippen LogP contribution in [0.2, 0.25) is 0 Å². The molecule has 1 heterocycles. The molecule has 1 spiro atoms. The predicted octanol–water partition coefficient (Wildman–Crippen LogP) is 1.58. The molecule has 21 heavy (non-hydrogen) atoms. The van der Waals surface area contributed by atoms with Crippen molar-refractivity contribution in [3.8, 4) is 0 Å². The van der Waals surface area contributed by atoms with Crippen LogP contribution in [0.1, 0.15) is 51.9 Å². The Morgan fingerprint density at radius 1 is 1.19 bits per heavy atom. The maximum atomic E-state index is 12.8. The predicted molar refractivity (Wildman–Crippen MR) is 74.3 cm³/mol. The number of rotatable bonds is 3. The number of amides is 4. The van der Waals surface area contributed by atoms with Crippen molar-refractivity contribution in [1.29, 1.82) is 0 Å². The van der Waals surface area contributed by atoms with Gasteiger partial charge < -0.3 is 4.74 Å². The standard InChI is InChI=1S/C15H22N2O4/c1-2-21-11-8-10(9-11)17-13(19)15(6-4-3-5-7-15)12(18)16-14(17)20/h10-11H,2-9H2,1H3,(H,16,18,20). The highest BCUT2D eigenvalue weighted by molar-refractivity contribution is 6.19. The lowest BCUT2D eigenvalue weighted by Crippen LogP contribution is -2.68. The Hall–Kier alpha value is -1.43. The molecule has 1 saturated heterocycles. The summed E-state index contributed by atoms with van der Waals surface area (Å²) >= 11 is 0. The van der Waals surface area contributed by atoms with E-state index in [2.05, 4.69) is 5.32 Å². The lowest BCUT2D eigenvalue weighted by atomic mass is 9.70. The van der Waals surface area contributed by atoms with Crippen molar-refractivity contribution in [3.05, 3.63) is 0 Å². The molecule has 1 aliphatic heterocycles. The van der Waals surface area contributed by atoms with Crippen molar-refractivity contribution < 1.29 is 19.1 Å². The van der Waals surface area contributed by atoms with Gasteiger partial charge in [-0.3, -0.25) is 19.8 Å². The molecule has 0 aromatic carbocycles. The second-order valence-electron chi connectivity index (χ2n) is 6.28. The van der Waals surface area contributed by atoms with E-state index in [0.717, 1.165) is 19.3 Å². The molecule has 2 aliphatic carbocycles. The van der Waals surface area contributed by atoms with Gasteiger partial charge in [0.25, 0.3) is 0 Å². The Labute approximate surface area is 124 Å². The smallest absolute Gasteiger partial charge is 0.331 e. The fraction of sp³-hybridized carbons (Fsp3) is 0.800. The van der Waals surface area contributed by atoms with E-state index in [1.54, 1.807) is 0 Å². The van der Waals surface area contributed by atoms with Crippen molar-refractivity contribution in [2.24, 2.45) is 5.41 Å². The molecule has 3 aliphatic rings. The van der Waals surface area contributed by atoms with Gasteiger partial charge in [-0.15, -0.1) is 0 Å². The van der Waals surface area contributed by atoms with Gasteiger partial charge in [0.1, 0.15) is 5.41 Å². The molecular weight excluding hydrogens is 272 g/mol. The van der Waals surface area contributed by atoms with Crippen molar-refractivity contribution >= 4 is 17.8 Å². The zero-order valence-electron chi connectivity index (χ0n) is 12.4. The Morgan fingerprint density at radius 3 is 2.48 bits per heavy atom. The number of nitrogens with zero attached hydrogens (tertiary/aromatic N) is 1. The zero-order chi connectivity index (χ0) is 15.0. The highest BCUT2D eigenvalue weighted by Crippen LogP contribution is 2.42. The summed E-state index contributed by atoms with van der Waals surface area (Å²) in [5.74, 6) is -0.676. The lowest BCUT2D eigenvalue weighted by molar-refractivity contribution is -0.158. The fourth-order valence-electron chi connectivity index (χ4n) is 3.75. The van der Waals surface area contributed by atoms with Crippen molar-refractivity contribution in [2.75, 3.05) is 6.61 Å². The first-order chi connectivity index (χ1) is 10.1. The van der Waals surface area contributed by atoms with Crippen LogP contribution in [0.5, 0.6) is 0 Å². The minimum Gasteiger partial charge on any atom is -0.378 e. The number of hydrogen-bond acceptors (Lipinski definition) is 4. The molecule has 116 valence electrons. The van der Waals surface area contributed by atoms with E-state index in [1.807, 2.05) is 6.92 Å². The Bertz CT molecular complexity index is 464. The molecule has 0 aromatic rings. The van der Waals surface area contributed by atoms with Gasteiger partial charge in [-0.2, -0.15) is 0 Å². The molecular formula is C15H22N2O4. The van der Waals surface area contributed by atoms with Crippen LogP contribution in [0.15, 0.2) is 0 Å². The first-order valence-corrected chi connectivity index (χ1v) is 7.89. The summed E-state index contributed by atoms with van der Waals surface area (Å²) in [7, 11) is 0. The van der Waals surface area contributed by atoms with Gasteiger partial charge in [-0.1, -0.05) is 19.3 Å². The first kappa shape index (κ1) is 14.5. The third-order valence-corrected chi connectivity index (χ3v) is 5.05. The summed E-state index contributed by atoms with van der Waals surface area (Å²) in [6, 6.07) is -0.679. The van der Waals surface area contributed by atoms with E-state index in [-0.39, 0.29) is 18.1 Å². The maximum Gasteiger partial charge on any atom is 0.331 e. The summed E-state index contributed by atoms with van der Waals surface area (Å²) in [5, 5.41) is 2.40. The minimum absolute atomic E-state index is 0.124. The van der Waals surface area contributed by atoms with Crippen LogP contribution in [0.3, 0.4) is 0 Å². The number of imide groups is 2. The molecule has 0 radical (unpaired) electrons. The van der Waals surface area contributed by atoms with Gasteiger partial charge in [0.05, 0.1) is 6.10 Å². The zero-order valence-corrected chi connectivity index (χ0v) is 12.4. The van der Waals surface area contributed by atoms with E-state index in [0.29, 0.717) is 32.3 Å². The second kappa shape index (κ2) is 5.40. The molecule has 0 bridgehead atoms. The minimum atomic E-state index is -0.997. The number of barbiturate groups is 1. The van der Waals surface area contributed by atoms with Crippen LogP contribution in [0, 0.1) is 5.41 Å². The summed E-state index contributed by atoms with van der Waals surface area (Å²) in [6.45, 7) is 2.57. The molecule has 6 nitrogen and oxygen atoms in total. The van der Waals surface area contributed by atoms with Crippen molar-refractivity contribution in [1.82, 2.24) is 10.2 Å². The SMILES string of the molecule is CCOC1CC(N2C(=O)NC(=O)C3(CCCCC3)C2=O)C1. The van der Waals surface area contributed by atoms with Crippen LogP contribution >= 0.6 is 0 Å². The summed E-state index contributed by atoms with van der Waals surface area (Å²) in [4.78, 5) is 38.4. The fourth-order valence-corrected chi connectivity index (χ4v) is 3.75. The van der Waals surface area contributed by atoms with Crippen LogP contribution in [0.25, 0.3) is 0 Å². The van der Waals surface area contributed by atoms with Gasteiger partial charge in [-0.05, 0) is 32.6 Å². The molecule has 3 fully saturated rings. The maximum absolute atomic E-state index is 12.8. The van der Waals surface area contributed by atoms with Gasteiger partial charge >= 0.3 is 6.03 Å². The van der Waals surface area contributed by atoms with Crippen LogP contribution in [-0.2, 0) is 14.3 Å². The van der Waals surface area contributed by atoms with E-state index in [1.165, 1.54) is 4.90 Å². The Balaban J connectivity index is 1.76. The molecule has 6 heteroatoms. The van der Waals surface area contributed by atoms with E-state index < -0.39 is 17.4 Å². The highest BCUT2D eigenvalue weighted by atomic mass is 16.5. The molecule has 0 atom stereocenters.